The molecule has 1 aromatic heterocycles. The Morgan fingerprint density at radius 1 is 1.09 bits per heavy atom. The van der Waals surface area contributed by atoms with Gasteiger partial charge >= 0.3 is 6.03 Å². The zero-order chi connectivity index (χ0) is 16.3. The summed E-state index contributed by atoms with van der Waals surface area (Å²) in [5.41, 5.74) is 0.347. The number of carbonyl (C=O) groups is 1. The highest BCUT2D eigenvalue weighted by Crippen LogP contribution is 2.29. The number of urea groups is 1. The third kappa shape index (κ3) is 4.03. The number of likely N-dealkylation sites (tertiary alicyclic amines) is 1. The average Bonchev–Trinajstić information content (AvgIpc) is 2.68. The van der Waals surface area contributed by atoms with Crippen LogP contribution in [0.15, 0.2) is 0 Å². The second-order valence-corrected chi connectivity index (χ2v) is 7.66. The Morgan fingerprint density at radius 3 is 2.83 bits per heavy atom. The first kappa shape index (κ1) is 16.3. The van der Waals surface area contributed by atoms with E-state index in [2.05, 4.69) is 33.9 Å². The first-order valence-corrected chi connectivity index (χ1v) is 8.99. The van der Waals surface area contributed by atoms with Crippen molar-refractivity contribution in [1.82, 2.24) is 25.0 Å². The standard InChI is InChI=1S/C17H29N5O/c1-17(2)8-6-10-21(12-9-17)16(23)18-13-15-20-19-14-7-4-3-5-11-22(14)15/h3-13H2,1-2H3,(H,18,23). The zero-order valence-corrected chi connectivity index (χ0v) is 14.5. The molecule has 0 radical (unpaired) electrons. The smallest absolute Gasteiger partial charge is 0.317 e. The SMILES string of the molecule is CC1(C)CCCN(C(=O)NCc2nnc3n2CCCCC3)CC1. The van der Waals surface area contributed by atoms with Crippen molar-refractivity contribution in [3.63, 3.8) is 0 Å². The lowest BCUT2D eigenvalue weighted by atomic mass is 9.85. The van der Waals surface area contributed by atoms with Gasteiger partial charge in [0.2, 0.25) is 0 Å². The molecule has 6 heteroatoms. The van der Waals surface area contributed by atoms with Gasteiger partial charge in [-0.3, -0.25) is 0 Å². The molecule has 1 aromatic rings. The molecule has 0 spiro atoms. The van der Waals surface area contributed by atoms with Crippen LogP contribution in [0.2, 0.25) is 0 Å². The second kappa shape index (κ2) is 6.89. The normalized spacial score (nSPS) is 21.2. The minimum absolute atomic E-state index is 0.0358. The van der Waals surface area contributed by atoms with Crippen molar-refractivity contribution in [3.05, 3.63) is 11.6 Å². The fourth-order valence-corrected chi connectivity index (χ4v) is 3.57. The fraction of sp³-hybridized carbons (Fsp3) is 0.824. The average molecular weight is 319 g/mol. The van der Waals surface area contributed by atoms with Gasteiger partial charge in [0.25, 0.3) is 0 Å². The van der Waals surface area contributed by atoms with Crippen LogP contribution >= 0.6 is 0 Å². The van der Waals surface area contributed by atoms with Crippen molar-refractivity contribution in [1.29, 1.82) is 0 Å². The lowest BCUT2D eigenvalue weighted by molar-refractivity contribution is 0.196. The first-order valence-electron chi connectivity index (χ1n) is 8.99. The maximum Gasteiger partial charge on any atom is 0.317 e. The highest BCUT2D eigenvalue weighted by atomic mass is 16.2. The molecule has 2 amide bonds. The number of rotatable bonds is 2. The summed E-state index contributed by atoms with van der Waals surface area (Å²) in [6.07, 6.45) is 7.96. The van der Waals surface area contributed by atoms with Gasteiger partial charge in [-0.15, -0.1) is 10.2 Å². The molecule has 3 heterocycles. The largest absolute Gasteiger partial charge is 0.331 e. The van der Waals surface area contributed by atoms with Crippen LogP contribution in [-0.2, 0) is 19.5 Å². The highest BCUT2D eigenvalue weighted by Gasteiger charge is 2.25. The van der Waals surface area contributed by atoms with Crippen LogP contribution in [0.5, 0.6) is 0 Å². The summed E-state index contributed by atoms with van der Waals surface area (Å²) in [5.74, 6) is 1.97. The minimum Gasteiger partial charge on any atom is -0.331 e. The number of carbonyl (C=O) groups excluding carboxylic acids is 1. The van der Waals surface area contributed by atoms with Gasteiger partial charge in [0.15, 0.2) is 5.82 Å². The second-order valence-electron chi connectivity index (χ2n) is 7.66. The van der Waals surface area contributed by atoms with Crippen LogP contribution in [0.1, 0.15) is 64.0 Å². The number of nitrogens with one attached hydrogen (secondary N) is 1. The van der Waals surface area contributed by atoms with E-state index in [1.807, 2.05) is 4.90 Å². The number of hydrogen-bond donors (Lipinski definition) is 1. The first-order chi connectivity index (χ1) is 11.1. The van der Waals surface area contributed by atoms with Crippen LogP contribution in [0.4, 0.5) is 4.79 Å². The van der Waals surface area contributed by atoms with Gasteiger partial charge in [0.1, 0.15) is 5.82 Å². The van der Waals surface area contributed by atoms with Crippen LogP contribution < -0.4 is 5.32 Å². The Balaban J connectivity index is 1.56. The van der Waals surface area contributed by atoms with E-state index < -0.39 is 0 Å². The maximum atomic E-state index is 12.5. The summed E-state index contributed by atoms with van der Waals surface area (Å²) >= 11 is 0. The van der Waals surface area contributed by atoms with Crippen LogP contribution in [0, 0.1) is 5.41 Å². The number of hydrogen-bond acceptors (Lipinski definition) is 3. The molecule has 0 aliphatic carbocycles. The summed E-state index contributed by atoms with van der Waals surface area (Å²) in [4.78, 5) is 14.4. The Bertz CT molecular complexity index is 551. The summed E-state index contributed by atoms with van der Waals surface area (Å²) in [5, 5.41) is 11.6. The Hall–Kier alpha value is -1.59. The molecule has 3 rings (SSSR count). The third-order valence-electron chi connectivity index (χ3n) is 5.21. The van der Waals surface area contributed by atoms with Crippen molar-refractivity contribution in [2.75, 3.05) is 13.1 Å². The minimum atomic E-state index is 0.0358. The van der Waals surface area contributed by atoms with Gasteiger partial charge in [-0.05, 0) is 37.5 Å². The molecule has 0 unspecified atom stereocenters. The molecule has 0 atom stereocenters. The van der Waals surface area contributed by atoms with E-state index in [-0.39, 0.29) is 6.03 Å². The number of aromatic nitrogens is 3. The predicted octanol–water partition coefficient (Wildman–Crippen LogP) is 2.73. The Labute approximate surface area is 138 Å². The molecule has 1 N–H and O–H groups in total. The van der Waals surface area contributed by atoms with E-state index in [0.29, 0.717) is 12.0 Å². The monoisotopic (exact) mass is 319 g/mol. The molecule has 0 bridgehead atoms. The third-order valence-corrected chi connectivity index (χ3v) is 5.21. The van der Waals surface area contributed by atoms with Gasteiger partial charge in [0.05, 0.1) is 6.54 Å². The van der Waals surface area contributed by atoms with Gasteiger partial charge in [-0.25, -0.2) is 4.79 Å². The summed E-state index contributed by atoms with van der Waals surface area (Å²) in [6, 6.07) is 0.0358. The molecule has 1 saturated heterocycles. The van der Waals surface area contributed by atoms with Gasteiger partial charge in [-0.2, -0.15) is 0 Å². The van der Waals surface area contributed by atoms with E-state index in [0.717, 1.165) is 50.5 Å². The molecular weight excluding hydrogens is 290 g/mol. The quantitative estimate of drug-likeness (QED) is 0.911. The molecule has 0 aromatic carbocycles. The number of fused-ring (bicyclic) bond motifs is 1. The van der Waals surface area contributed by atoms with Gasteiger partial charge in [-0.1, -0.05) is 20.3 Å². The van der Waals surface area contributed by atoms with Crippen LogP contribution in [0.3, 0.4) is 0 Å². The van der Waals surface area contributed by atoms with Crippen LogP contribution in [-0.4, -0.2) is 38.8 Å². The van der Waals surface area contributed by atoms with E-state index in [1.54, 1.807) is 0 Å². The number of aryl methyl sites for hydroxylation is 1. The van der Waals surface area contributed by atoms with E-state index in [1.165, 1.54) is 25.7 Å². The van der Waals surface area contributed by atoms with Gasteiger partial charge < -0.3 is 14.8 Å². The predicted molar refractivity (Wildman–Crippen MR) is 89.0 cm³/mol. The highest BCUT2D eigenvalue weighted by molar-refractivity contribution is 5.74. The Morgan fingerprint density at radius 2 is 1.96 bits per heavy atom. The molecule has 128 valence electrons. The van der Waals surface area contributed by atoms with Gasteiger partial charge in [0, 0.05) is 26.1 Å². The summed E-state index contributed by atoms with van der Waals surface area (Å²) < 4.78 is 2.19. The molecule has 2 aliphatic heterocycles. The van der Waals surface area contributed by atoms with Crippen molar-refractivity contribution in [3.8, 4) is 0 Å². The molecule has 2 aliphatic rings. The summed E-state index contributed by atoms with van der Waals surface area (Å²) in [6.45, 7) is 7.74. The van der Waals surface area contributed by atoms with Crippen molar-refractivity contribution < 1.29 is 4.79 Å². The zero-order valence-electron chi connectivity index (χ0n) is 14.5. The van der Waals surface area contributed by atoms with Crippen molar-refractivity contribution in [2.24, 2.45) is 5.41 Å². The number of nitrogens with zero attached hydrogens (tertiary/aromatic N) is 4. The van der Waals surface area contributed by atoms with E-state index in [4.69, 9.17) is 0 Å². The van der Waals surface area contributed by atoms with E-state index >= 15 is 0 Å². The molecule has 0 saturated carbocycles. The molecular formula is C17H29N5O. The molecule has 23 heavy (non-hydrogen) atoms. The topological polar surface area (TPSA) is 63.1 Å². The summed E-state index contributed by atoms with van der Waals surface area (Å²) in [7, 11) is 0. The van der Waals surface area contributed by atoms with Crippen LogP contribution in [0.25, 0.3) is 0 Å². The lowest BCUT2D eigenvalue weighted by Crippen LogP contribution is -2.40. The lowest BCUT2D eigenvalue weighted by Gasteiger charge is -2.23. The molecule has 6 nitrogen and oxygen atoms in total. The Kier molecular flexibility index (Phi) is 4.87. The number of amides is 2. The van der Waals surface area contributed by atoms with Crippen molar-refractivity contribution in [2.45, 2.75) is 71.9 Å². The van der Waals surface area contributed by atoms with E-state index in [9.17, 15) is 4.79 Å². The maximum absolute atomic E-state index is 12.5. The van der Waals surface area contributed by atoms with Crippen molar-refractivity contribution >= 4 is 6.03 Å². The molecule has 1 fully saturated rings. The fourth-order valence-electron chi connectivity index (χ4n) is 3.57.